The fourth-order valence-corrected chi connectivity index (χ4v) is 3.98. The van der Waals surface area contributed by atoms with Gasteiger partial charge in [0.25, 0.3) is 0 Å². The maximum absolute atomic E-state index is 10.1. The lowest BCUT2D eigenvalue weighted by atomic mass is 9.90. The second kappa shape index (κ2) is 12.6. The summed E-state index contributed by atoms with van der Waals surface area (Å²) in [6.07, 6.45) is 11.5. The zero-order valence-electron chi connectivity index (χ0n) is 19.0. The number of hydrogen-bond acceptors (Lipinski definition) is 2. The Morgan fingerprint density at radius 1 is 0.759 bits per heavy atom. The zero-order valence-corrected chi connectivity index (χ0v) is 19.0. The molecule has 2 heteroatoms. The van der Waals surface area contributed by atoms with Crippen LogP contribution in [0.5, 0.6) is 11.5 Å². The monoisotopic (exact) mass is 396 g/mol. The van der Waals surface area contributed by atoms with Gasteiger partial charge in [0.05, 0.1) is 0 Å². The third kappa shape index (κ3) is 7.10. The van der Waals surface area contributed by atoms with Gasteiger partial charge in [-0.2, -0.15) is 0 Å². The highest BCUT2D eigenvalue weighted by Gasteiger charge is 2.17. The highest BCUT2D eigenvalue weighted by atomic mass is 16.5. The van der Waals surface area contributed by atoms with Crippen LogP contribution in [0.15, 0.2) is 36.4 Å². The zero-order chi connectivity index (χ0) is 21.1. The average molecular weight is 397 g/mol. The fourth-order valence-electron chi connectivity index (χ4n) is 3.98. The van der Waals surface area contributed by atoms with Crippen LogP contribution in [0, 0.1) is 0 Å². The first-order valence-electron chi connectivity index (χ1n) is 11.7. The van der Waals surface area contributed by atoms with Gasteiger partial charge in [-0.15, -0.1) is 0 Å². The molecule has 1 unspecified atom stereocenters. The number of ether oxygens (including phenoxy) is 1. The Morgan fingerprint density at radius 2 is 1.38 bits per heavy atom. The van der Waals surface area contributed by atoms with Crippen LogP contribution in [0.3, 0.4) is 0 Å². The molecule has 0 fully saturated rings. The maximum Gasteiger partial charge on any atom is 0.123 e. The SMILES string of the molecule is CCCCc1ccc(OC(C)Cc2ccccc2O)c(CCCC)c1CCCC. The molecule has 0 amide bonds. The van der Waals surface area contributed by atoms with Gasteiger partial charge in [0.15, 0.2) is 0 Å². The van der Waals surface area contributed by atoms with E-state index >= 15 is 0 Å². The summed E-state index contributed by atoms with van der Waals surface area (Å²) >= 11 is 0. The van der Waals surface area contributed by atoms with Crippen molar-refractivity contribution < 1.29 is 9.84 Å². The van der Waals surface area contributed by atoms with E-state index in [2.05, 4.69) is 39.8 Å². The Kier molecular flexibility index (Phi) is 10.1. The molecule has 0 saturated heterocycles. The molecule has 2 rings (SSSR count). The van der Waals surface area contributed by atoms with E-state index in [4.69, 9.17) is 4.74 Å². The second-order valence-corrected chi connectivity index (χ2v) is 8.25. The molecule has 0 bridgehead atoms. The van der Waals surface area contributed by atoms with Crippen molar-refractivity contribution in [1.82, 2.24) is 0 Å². The van der Waals surface area contributed by atoms with Crippen molar-refractivity contribution >= 4 is 0 Å². The summed E-state index contributed by atoms with van der Waals surface area (Å²) in [5.74, 6) is 1.40. The van der Waals surface area contributed by atoms with Crippen molar-refractivity contribution in [2.75, 3.05) is 0 Å². The van der Waals surface area contributed by atoms with Crippen LogP contribution >= 0.6 is 0 Å². The number of hydrogen-bond donors (Lipinski definition) is 1. The number of rotatable bonds is 13. The average Bonchev–Trinajstić information content (AvgIpc) is 2.72. The van der Waals surface area contributed by atoms with Crippen molar-refractivity contribution in [1.29, 1.82) is 0 Å². The molecule has 1 atom stereocenters. The van der Waals surface area contributed by atoms with E-state index in [1.165, 1.54) is 56.1 Å². The minimum absolute atomic E-state index is 0.0178. The Hall–Kier alpha value is -1.96. The standard InChI is InChI=1S/C27H40O2/c1-5-8-13-22-18-19-27(25(16-10-7-3)24(22)15-9-6-2)29-21(4)20-23-14-11-12-17-26(23)28/h11-12,14,17-19,21,28H,5-10,13,15-16,20H2,1-4H3. The summed E-state index contributed by atoms with van der Waals surface area (Å²) in [4.78, 5) is 0. The molecule has 0 aliphatic heterocycles. The third-order valence-corrected chi connectivity index (χ3v) is 5.67. The molecule has 0 heterocycles. The lowest BCUT2D eigenvalue weighted by Gasteiger charge is -2.22. The van der Waals surface area contributed by atoms with E-state index in [0.29, 0.717) is 12.2 Å². The summed E-state index contributed by atoms with van der Waals surface area (Å²) in [6.45, 7) is 8.90. The van der Waals surface area contributed by atoms with Crippen molar-refractivity contribution in [2.45, 2.75) is 98.0 Å². The molecule has 0 spiro atoms. The maximum atomic E-state index is 10.1. The Bertz CT molecular complexity index is 735. The molecular formula is C27H40O2. The van der Waals surface area contributed by atoms with Crippen LogP contribution in [0.2, 0.25) is 0 Å². The Morgan fingerprint density at radius 3 is 2.03 bits per heavy atom. The van der Waals surface area contributed by atoms with Gasteiger partial charge in [0.1, 0.15) is 17.6 Å². The van der Waals surface area contributed by atoms with Crippen molar-refractivity contribution in [3.8, 4) is 11.5 Å². The minimum Gasteiger partial charge on any atom is -0.508 e. The van der Waals surface area contributed by atoms with Gasteiger partial charge in [0, 0.05) is 6.42 Å². The molecule has 29 heavy (non-hydrogen) atoms. The number of phenolic OH excluding ortho intramolecular Hbond substituents is 1. The molecule has 0 saturated carbocycles. The molecule has 0 aromatic heterocycles. The Labute approximate surface area is 178 Å². The number of unbranched alkanes of at least 4 members (excludes halogenated alkanes) is 3. The van der Waals surface area contributed by atoms with E-state index < -0.39 is 0 Å². The first kappa shape index (κ1) is 23.3. The predicted octanol–water partition coefficient (Wildman–Crippen LogP) is 7.43. The quantitative estimate of drug-likeness (QED) is 0.381. The molecule has 1 N–H and O–H groups in total. The number of para-hydroxylation sites is 1. The van der Waals surface area contributed by atoms with Crippen LogP contribution in [0.4, 0.5) is 0 Å². The van der Waals surface area contributed by atoms with Crippen molar-refractivity contribution in [3.63, 3.8) is 0 Å². The van der Waals surface area contributed by atoms with E-state index in [1.54, 1.807) is 11.6 Å². The third-order valence-electron chi connectivity index (χ3n) is 5.67. The van der Waals surface area contributed by atoms with Gasteiger partial charge in [-0.1, -0.05) is 64.3 Å². The number of benzene rings is 2. The van der Waals surface area contributed by atoms with E-state index in [0.717, 1.165) is 24.2 Å². The summed E-state index contributed by atoms with van der Waals surface area (Å²) in [5.41, 5.74) is 5.44. The van der Waals surface area contributed by atoms with Gasteiger partial charge >= 0.3 is 0 Å². The van der Waals surface area contributed by atoms with Crippen molar-refractivity contribution in [2.24, 2.45) is 0 Å². The first-order valence-corrected chi connectivity index (χ1v) is 11.7. The predicted molar refractivity (Wildman–Crippen MR) is 124 cm³/mol. The first-order chi connectivity index (χ1) is 14.1. The largest absolute Gasteiger partial charge is 0.508 e. The van der Waals surface area contributed by atoms with E-state index in [1.807, 2.05) is 18.2 Å². The van der Waals surface area contributed by atoms with Crippen LogP contribution in [-0.4, -0.2) is 11.2 Å². The molecule has 0 radical (unpaired) electrons. The lowest BCUT2D eigenvalue weighted by Crippen LogP contribution is -2.17. The molecule has 2 aromatic rings. The topological polar surface area (TPSA) is 29.5 Å². The highest BCUT2D eigenvalue weighted by Crippen LogP contribution is 2.31. The van der Waals surface area contributed by atoms with Gasteiger partial charge < -0.3 is 9.84 Å². The lowest BCUT2D eigenvalue weighted by molar-refractivity contribution is 0.218. The smallest absolute Gasteiger partial charge is 0.123 e. The Balaban J connectivity index is 2.29. The molecule has 0 aliphatic rings. The minimum atomic E-state index is 0.0178. The van der Waals surface area contributed by atoms with Crippen LogP contribution in [-0.2, 0) is 25.7 Å². The molecular weight excluding hydrogens is 356 g/mol. The molecule has 2 nitrogen and oxygen atoms in total. The van der Waals surface area contributed by atoms with Gasteiger partial charge in [0.2, 0.25) is 0 Å². The number of aromatic hydroxyl groups is 1. The van der Waals surface area contributed by atoms with Gasteiger partial charge in [-0.25, -0.2) is 0 Å². The molecule has 160 valence electrons. The fraction of sp³-hybridized carbons (Fsp3) is 0.556. The molecule has 2 aromatic carbocycles. The van der Waals surface area contributed by atoms with Crippen LogP contribution < -0.4 is 4.74 Å². The summed E-state index contributed by atoms with van der Waals surface area (Å²) in [7, 11) is 0. The van der Waals surface area contributed by atoms with Crippen LogP contribution in [0.25, 0.3) is 0 Å². The van der Waals surface area contributed by atoms with Crippen molar-refractivity contribution in [3.05, 3.63) is 58.7 Å². The normalized spacial score (nSPS) is 12.1. The second-order valence-electron chi connectivity index (χ2n) is 8.25. The summed E-state index contributed by atoms with van der Waals surface area (Å²) in [5, 5.41) is 10.1. The highest BCUT2D eigenvalue weighted by molar-refractivity contribution is 5.46. The summed E-state index contributed by atoms with van der Waals surface area (Å²) < 4.78 is 6.47. The summed E-state index contributed by atoms with van der Waals surface area (Å²) in [6, 6.07) is 12.1. The van der Waals surface area contributed by atoms with Crippen LogP contribution in [0.1, 0.15) is 88.5 Å². The molecule has 0 aliphatic carbocycles. The number of phenols is 1. The van der Waals surface area contributed by atoms with Gasteiger partial charge in [-0.3, -0.25) is 0 Å². The van der Waals surface area contributed by atoms with Gasteiger partial charge in [-0.05, 0) is 79.8 Å². The van der Waals surface area contributed by atoms with E-state index in [9.17, 15) is 5.11 Å². The van der Waals surface area contributed by atoms with E-state index in [-0.39, 0.29) is 6.10 Å². The number of aryl methyl sites for hydroxylation is 1.